The normalized spacial score (nSPS) is 27.8. The number of ketones is 1. The van der Waals surface area contributed by atoms with Gasteiger partial charge in [-0.25, -0.2) is 0 Å². The van der Waals surface area contributed by atoms with Gasteiger partial charge in [0.1, 0.15) is 5.78 Å². The average Bonchev–Trinajstić information content (AvgIpc) is 2.63. The number of Topliss-reactive ketones (excluding diaryl/α,β-unsaturated/α-hetero) is 1. The van der Waals surface area contributed by atoms with Gasteiger partial charge in [0.15, 0.2) is 0 Å². The van der Waals surface area contributed by atoms with E-state index in [1.807, 2.05) is 6.92 Å². The highest BCUT2D eigenvalue weighted by Gasteiger charge is 2.34. The molecule has 0 saturated heterocycles. The standard InChI is InChI=1S/C22H39NO4/c1-3-5-21(24)19-13-20(14-19)23-22(25)10-12-27-16-18-8-6-17(7-9-18)15-26-11-4-2/h17-20H,3-16H2,1-2H3,(H,23,25). The molecule has 1 N–H and O–H groups in total. The molecule has 0 radical (unpaired) electrons. The molecule has 0 aromatic heterocycles. The molecule has 0 aromatic carbocycles. The van der Waals surface area contributed by atoms with Crippen molar-refractivity contribution in [1.29, 1.82) is 0 Å². The summed E-state index contributed by atoms with van der Waals surface area (Å²) in [5, 5.41) is 3.03. The minimum Gasteiger partial charge on any atom is -0.381 e. The molecule has 27 heavy (non-hydrogen) atoms. The summed E-state index contributed by atoms with van der Waals surface area (Å²) in [5.74, 6) is 1.94. The Hall–Kier alpha value is -0.940. The Morgan fingerprint density at radius 1 is 0.852 bits per heavy atom. The van der Waals surface area contributed by atoms with Crippen LogP contribution < -0.4 is 5.32 Å². The lowest BCUT2D eigenvalue weighted by Crippen LogP contribution is -2.46. The number of ether oxygens (including phenoxy) is 2. The van der Waals surface area contributed by atoms with Crippen LogP contribution in [0.25, 0.3) is 0 Å². The van der Waals surface area contributed by atoms with Crippen LogP contribution in [0.2, 0.25) is 0 Å². The smallest absolute Gasteiger partial charge is 0.222 e. The second-order valence-corrected chi connectivity index (χ2v) is 8.44. The highest BCUT2D eigenvalue weighted by atomic mass is 16.5. The van der Waals surface area contributed by atoms with Gasteiger partial charge in [0.2, 0.25) is 5.91 Å². The minimum atomic E-state index is 0.0539. The summed E-state index contributed by atoms with van der Waals surface area (Å²) in [6.07, 6.45) is 9.62. The molecule has 0 spiro atoms. The van der Waals surface area contributed by atoms with Crippen LogP contribution in [0.5, 0.6) is 0 Å². The van der Waals surface area contributed by atoms with E-state index in [1.165, 1.54) is 25.7 Å². The van der Waals surface area contributed by atoms with Gasteiger partial charge in [0.05, 0.1) is 6.61 Å². The van der Waals surface area contributed by atoms with E-state index in [9.17, 15) is 9.59 Å². The summed E-state index contributed by atoms with van der Waals surface area (Å²) in [4.78, 5) is 23.7. The molecule has 5 heteroatoms. The number of hydrogen-bond donors (Lipinski definition) is 1. The molecule has 0 bridgehead atoms. The second-order valence-electron chi connectivity index (χ2n) is 8.44. The monoisotopic (exact) mass is 381 g/mol. The van der Waals surface area contributed by atoms with Crippen LogP contribution in [0.4, 0.5) is 0 Å². The zero-order chi connectivity index (χ0) is 19.5. The van der Waals surface area contributed by atoms with E-state index >= 15 is 0 Å². The van der Waals surface area contributed by atoms with Crippen molar-refractivity contribution in [1.82, 2.24) is 5.32 Å². The Bertz CT molecular complexity index is 440. The Balaban J connectivity index is 1.44. The fourth-order valence-electron chi connectivity index (χ4n) is 4.12. The Kier molecular flexibility index (Phi) is 10.4. The molecule has 0 aliphatic heterocycles. The number of amides is 1. The average molecular weight is 382 g/mol. The topological polar surface area (TPSA) is 64.6 Å². The zero-order valence-electron chi connectivity index (χ0n) is 17.3. The maximum atomic E-state index is 12.0. The lowest BCUT2D eigenvalue weighted by atomic mass is 9.76. The van der Waals surface area contributed by atoms with Crippen molar-refractivity contribution < 1.29 is 19.1 Å². The first-order chi connectivity index (χ1) is 13.1. The summed E-state index contributed by atoms with van der Waals surface area (Å²) in [5.41, 5.74) is 0. The van der Waals surface area contributed by atoms with Gasteiger partial charge in [-0.05, 0) is 63.2 Å². The maximum Gasteiger partial charge on any atom is 0.222 e. The van der Waals surface area contributed by atoms with Crippen LogP contribution in [-0.2, 0) is 19.1 Å². The van der Waals surface area contributed by atoms with Crippen LogP contribution in [0, 0.1) is 17.8 Å². The number of carbonyl (C=O) groups is 2. The molecule has 0 atom stereocenters. The van der Waals surface area contributed by atoms with Gasteiger partial charge >= 0.3 is 0 Å². The zero-order valence-corrected chi connectivity index (χ0v) is 17.3. The number of carbonyl (C=O) groups excluding carboxylic acids is 2. The van der Waals surface area contributed by atoms with E-state index in [0.717, 1.165) is 45.5 Å². The number of rotatable bonds is 13. The molecular weight excluding hydrogens is 342 g/mol. The maximum absolute atomic E-state index is 12.0. The van der Waals surface area contributed by atoms with Crippen LogP contribution in [-0.4, -0.2) is 44.2 Å². The van der Waals surface area contributed by atoms with Crippen molar-refractivity contribution in [2.24, 2.45) is 17.8 Å². The molecule has 0 aromatic rings. The Labute approximate surface area is 164 Å². The van der Waals surface area contributed by atoms with E-state index in [1.54, 1.807) is 0 Å². The van der Waals surface area contributed by atoms with Crippen LogP contribution >= 0.6 is 0 Å². The highest BCUT2D eigenvalue weighted by Crippen LogP contribution is 2.30. The van der Waals surface area contributed by atoms with Crippen molar-refractivity contribution in [3.8, 4) is 0 Å². The molecule has 2 saturated carbocycles. The van der Waals surface area contributed by atoms with Gasteiger partial charge in [-0.15, -0.1) is 0 Å². The van der Waals surface area contributed by atoms with Gasteiger partial charge in [0.25, 0.3) is 0 Å². The molecule has 0 unspecified atom stereocenters. The summed E-state index contributed by atoms with van der Waals surface area (Å²) >= 11 is 0. The summed E-state index contributed by atoms with van der Waals surface area (Å²) in [7, 11) is 0. The third kappa shape index (κ3) is 8.30. The fraction of sp³-hybridized carbons (Fsp3) is 0.909. The van der Waals surface area contributed by atoms with Crippen LogP contribution in [0.1, 0.15) is 78.1 Å². The highest BCUT2D eigenvalue weighted by molar-refractivity contribution is 5.82. The molecule has 2 fully saturated rings. The lowest BCUT2D eigenvalue weighted by molar-refractivity contribution is -0.129. The summed E-state index contributed by atoms with van der Waals surface area (Å²) in [6, 6.07) is 0.188. The summed E-state index contributed by atoms with van der Waals surface area (Å²) in [6.45, 7) is 7.23. The molecule has 2 aliphatic rings. The first-order valence-corrected chi connectivity index (χ1v) is 11.1. The molecule has 2 rings (SSSR count). The molecule has 2 aliphatic carbocycles. The predicted molar refractivity (Wildman–Crippen MR) is 107 cm³/mol. The van der Waals surface area contributed by atoms with Gasteiger partial charge in [-0.2, -0.15) is 0 Å². The minimum absolute atomic E-state index is 0.0539. The number of nitrogens with one attached hydrogen (secondary N) is 1. The number of hydrogen-bond acceptors (Lipinski definition) is 4. The van der Waals surface area contributed by atoms with E-state index in [4.69, 9.17) is 9.47 Å². The Morgan fingerprint density at radius 3 is 2.00 bits per heavy atom. The lowest BCUT2D eigenvalue weighted by Gasteiger charge is -2.34. The predicted octanol–water partition coefficient (Wildman–Crippen LogP) is 3.89. The van der Waals surface area contributed by atoms with Crippen molar-refractivity contribution in [3.05, 3.63) is 0 Å². The quantitative estimate of drug-likeness (QED) is 0.492. The second kappa shape index (κ2) is 12.5. The molecule has 5 nitrogen and oxygen atoms in total. The van der Waals surface area contributed by atoms with Crippen molar-refractivity contribution in [3.63, 3.8) is 0 Å². The first kappa shape index (κ1) is 22.4. The SMILES string of the molecule is CCCOCC1CCC(COCCC(=O)NC2CC(C(=O)CCC)C2)CC1. The van der Waals surface area contributed by atoms with Crippen molar-refractivity contribution in [2.45, 2.75) is 84.1 Å². The molecule has 156 valence electrons. The van der Waals surface area contributed by atoms with Crippen molar-refractivity contribution >= 4 is 11.7 Å². The van der Waals surface area contributed by atoms with Gasteiger partial charge in [-0.1, -0.05) is 13.8 Å². The van der Waals surface area contributed by atoms with Crippen molar-refractivity contribution in [2.75, 3.05) is 26.4 Å². The van der Waals surface area contributed by atoms with Gasteiger partial charge in [0, 0.05) is 44.6 Å². The molecular formula is C22H39NO4. The fourth-order valence-corrected chi connectivity index (χ4v) is 4.12. The van der Waals surface area contributed by atoms with E-state index in [2.05, 4.69) is 12.2 Å². The first-order valence-electron chi connectivity index (χ1n) is 11.1. The van der Waals surface area contributed by atoms with Crippen LogP contribution in [0.15, 0.2) is 0 Å². The van der Waals surface area contributed by atoms with E-state index in [0.29, 0.717) is 37.1 Å². The third-order valence-corrected chi connectivity index (χ3v) is 5.95. The third-order valence-electron chi connectivity index (χ3n) is 5.95. The van der Waals surface area contributed by atoms with Crippen LogP contribution in [0.3, 0.4) is 0 Å². The Morgan fingerprint density at radius 2 is 1.44 bits per heavy atom. The van der Waals surface area contributed by atoms with Gasteiger partial charge < -0.3 is 14.8 Å². The largest absolute Gasteiger partial charge is 0.381 e. The summed E-state index contributed by atoms with van der Waals surface area (Å²) < 4.78 is 11.4. The van der Waals surface area contributed by atoms with Gasteiger partial charge in [-0.3, -0.25) is 9.59 Å². The molecule has 1 amide bonds. The van der Waals surface area contributed by atoms with E-state index < -0.39 is 0 Å². The molecule has 0 heterocycles. The van der Waals surface area contributed by atoms with E-state index in [-0.39, 0.29) is 17.9 Å².